The van der Waals surface area contributed by atoms with Crippen molar-refractivity contribution in [1.29, 1.82) is 0 Å². The molecule has 158 valence electrons. The van der Waals surface area contributed by atoms with Crippen LogP contribution in [0.1, 0.15) is 34.1 Å². The molecule has 10 heteroatoms. The smallest absolute Gasteiger partial charge is 0.268 e. The Morgan fingerprint density at radius 2 is 2.10 bits per heavy atom. The van der Waals surface area contributed by atoms with Crippen molar-refractivity contribution in [1.82, 2.24) is 20.2 Å². The number of aromatic amines is 1. The number of carbonyl (C=O) groups excluding carboxylic acids is 3. The number of rotatable bonds is 8. The highest BCUT2D eigenvalue weighted by Gasteiger charge is 2.23. The van der Waals surface area contributed by atoms with Crippen LogP contribution in [0.2, 0.25) is 5.15 Å². The summed E-state index contributed by atoms with van der Waals surface area (Å²) in [5.41, 5.74) is 1.06. The van der Waals surface area contributed by atoms with Crippen molar-refractivity contribution < 1.29 is 19.1 Å². The van der Waals surface area contributed by atoms with Crippen LogP contribution in [0.25, 0.3) is 10.9 Å². The number of carbonyl (C=O) groups is 3. The van der Waals surface area contributed by atoms with Gasteiger partial charge < -0.3 is 19.9 Å². The molecule has 0 bridgehead atoms. The fourth-order valence-electron chi connectivity index (χ4n) is 2.94. The molecule has 0 atom stereocenters. The number of thiazole rings is 1. The molecule has 0 unspecified atom stereocenters. The number of halogens is 1. The molecule has 2 heterocycles. The number of nitrogens with one attached hydrogen (secondary N) is 2. The van der Waals surface area contributed by atoms with Crippen molar-refractivity contribution in [3.05, 3.63) is 45.5 Å². The van der Waals surface area contributed by atoms with Gasteiger partial charge in [0.05, 0.1) is 20.2 Å². The summed E-state index contributed by atoms with van der Waals surface area (Å²) in [7, 11) is 1.56. The Hall–Kier alpha value is -2.91. The maximum Gasteiger partial charge on any atom is 0.268 e. The zero-order valence-electron chi connectivity index (χ0n) is 16.7. The van der Waals surface area contributed by atoms with Gasteiger partial charge >= 0.3 is 0 Å². The third-order valence-corrected chi connectivity index (χ3v) is 5.67. The van der Waals surface area contributed by atoms with E-state index in [-0.39, 0.29) is 41.0 Å². The maximum absolute atomic E-state index is 12.7. The van der Waals surface area contributed by atoms with Gasteiger partial charge in [0.2, 0.25) is 11.7 Å². The summed E-state index contributed by atoms with van der Waals surface area (Å²) in [6.07, 6.45) is 0. The molecule has 3 rings (SSSR count). The number of hydrogen-bond acceptors (Lipinski definition) is 6. The monoisotopic (exact) mass is 448 g/mol. The van der Waals surface area contributed by atoms with Gasteiger partial charge in [-0.2, -0.15) is 0 Å². The summed E-state index contributed by atoms with van der Waals surface area (Å²) in [4.78, 5) is 45.9. The molecule has 8 nitrogen and oxygen atoms in total. The molecule has 0 saturated heterocycles. The lowest BCUT2D eigenvalue weighted by Crippen LogP contribution is -2.46. The standard InChI is InChI=1S/C20H21ClN4O4S/c1-11(2)25(9-15(26)20-24-17(21)10-30-20)18(27)8-22-19(28)14-7-12-13(23-14)5-4-6-16(12)29-3/h4-7,10-11,23H,8-9H2,1-3H3,(H,22,28). The number of amides is 2. The van der Waals surface area contributed by atoms with Gasteiger partial charge in [0.25, 0.3) is 5.91 Å². The molecular formula is C20H21ClN4O4S. The van der Waals surface area contributed by atoms with Gasteiger partial charge in [0.1, 0.15) is 16.6 Å². The van der Waals surface area contributed by atoms with Gasteiger partial charge in [-0.15, -0.1) is 11.3 Å². The molecule has 0 radical (unpaired) electrons. The highest BCUT2D eigenvalue weighted by molar-refractivity contribution is 7.12. The number of nitrogens with zero attached hydrogens (tertiary/aromatic N) is 2. The third kappa shape index (κ3) is 4.80. The minimum atomic E-state index is -0.427. The van der Waals surface area contributed by atoms with E-state index in [0.29, 0.717) is 11.4 Å². The van der Waals surface area contributed by atoms with Crippen LogP contribution in [0.5, 0.6) is 5.75 Å². The minimum Gasteiger partial charge on any atom is -0.496 e. The van der Waals surface area contributed by atoms with E-state index < -0.39 is 5.91 Å². The number of methoxy groups -OCH3 is 1. The Labute approximate surface area is 182 Å². The van der Waals surface area contributed by atoms with Crippen molar-refractivity contribution >= 4 is 51.4 Å². The Bertz CT molecular complexity index is 1090. The largest absolute Gasteiger partial charge is 0.496 e. The molecule has 0 aliphatic rings. The number of H-pyrrole nitrogens is 1. The SMILES string of the molecule is COc1cccc2[nH]c(C(=O)NCC(=O)N(CC(=O)c3nc(Cl)cs3)C(C)C)cc12. The quantitative estimate of drug-likeness (QED) is 0.515. The van der Waals surface area contributed by atoms with E-state index in [9.17, 15) is 14.4 Å². The molecule has 0 aliphatic heterocycles. The number of ether oxygens (including phenoxy) is 1. The highest BCUT2D eigenvalue weighted by Crippen LogP contribution is 2.25. The van der Waals surface area contributed by atoms with Crippen LogP contribution in [0, 0.1) is 0 Å². The van der Waals surface area contributed by atoms with Crippen LogP contribution < -0.4 is 10.1 Å². The maximum atomic E-state index is 12.7. The van der Waals surface area contributed by atoms with E-state index >= 15 is 0 Å². The second-order valence-electron chi connectivity index (χ2n) is 6.80. The summed E-state index contributed by atoms with van der Waals surface area (Å²) in [6.45, 7) is 3.22. The average molecular weight is 449 g/mol. The molecule has 0 fully saturated rings. The summed E-state index contributed by atoms with van der Waals surface area (Å²) >= 11 is 6.89. The van der Waals surface area contributed by atoms with Crippen LogP contribution in [0.15, 0.2) is 29.6 Å². The highest BCUT2D eigenvalue weighted by atomic mass is 35.5. The lowest BCUT2D eigenvalue weighted by Gasteiger charge is -2.25. The zero-order valence-corrected chi connectivity index (χ0v) is 18.3. The number of aromatic nitrogens is 2. The fourth-order valence-corrected chi connectivity index (χ4v) is 3.82. The first-order valence-corrected chi connectivity index (χ1v) is 10.4. The summed E-state index contributed by atoms with van der Waals surface area (Å²) < 4.78 is 5.29. The van der Waals surface area contributed by atoms with Gasteiger partial charge in [0, 0.05) is 22.3 Å². The second kappa shape index (κ2) is 9.27. The van der Waals surface area contributed by atoms with Crippen molar-refractivity contribution in [3.8, 4) is 5.75 Å². The number of benzene rings is 1. The molecule has 2 N–H and O–H groups in total. The third-order valence-electron chi connectivity index (χ3n) is 4.46. The van der Waals surface area contributed by atoms with Crippen molar-refractivity contribution in [2.75, 3.05) is 20.2 Å². The average Bonchev–Trinajstić information content (AvgIpc) is 3.35. The molecule has 30 heavy (non-hydrogen) atoms. The predicted octanol–water partition coefficient (Wildman–Crippen LogP) is 3.14. The number of hydrogen-bond donors (Lipinski definition) is 2. The topological polar surface area (TPSA) is 104 Å². The van der Waals surface area contributed by atoms with Crippen molar-refractivity contribution in [3.63, 3.8) is 0 Å². The Balaban J connectivity index is 1.65. The van der Waals surface area contributed by atoms with E-state index in [1.165, 1.54) is 4.90 Å². The number of fused-ring (bicyclic) bond motifs is 1. The Morgan fingerprint density at radius 3 is 2.73 bits per heavy atom. The summed E-state index contributed by atoms with van der Waals surface area (Å²) in [5, 5.41) is 5.42. The zero-order chi connectivity index (χ0) is 21.8. The van der Waals surface area contributed by atoms with E-state index in [2.05, 4.69) is 15.3 Å². The van der Waals surface area contributed by atoms with Crippen LogP contribution in [0.3, 0.4) is 0 Å². The molecule has 2 amide bonds. The van der Waals surface area contributed by atoms with Crippen molar-refractivity contribution in [2.24, 2.45) is 0 Å². The molecular weight excluding hydrogens is 428 g/mol. The lowest BCUT2D eigenvalue weighted by atomic mass is 10.2. The van der Waals surface area contributed by atoms with Gasteiger partial charge in [-0.3, -0.25) is 14.4 Å². The first-order chi connectivity index (χ1) is 14.3. The molecule has 0 aliphatic carbocycles. The van der Waals surface area contributed by atoms with E-state index in [1.807, 2.05) is 12.1 Å². The van der Waals surface area contributed by atoms with Crippen molar-refractivity contribution in [2.45, 2.75) is 19.9 Å². The summed E-state index contributed by atoms with van der Waals surface area (Å²) in [6, 6.07) is 6.89. The molecule has 1 aromatic carbocycles. The van der Waals surface area contributed by atoms with E-state index in [1.54, 1.807) is 38.5 Å². The number of Topliss-reactive ketones (excluding diaryl/α,β-unsaturated/α-hetero) is 1. The van der Waals surface area contributed by atoms with Crippen LogP contribution in [-0.4, -0.2) is 58.7 Å². The lowest BCUT2D eigenvalue weighted by molar-refractivity contribution is -0.131. The van der Waals surface area contributed by atoms with Crippen LogP contribution >= 0.6 is 22.9 Å². The van der Waals surface area contributed by atoms with Crippen LogP contribution in [-0.2, 0) is 4.79 Å². The molecule has 0 spiro atoms. The first kappa shape index (κ1) is 21.8. The van der Waals surface area contributed by atoms with Crippen LogP contribution in [0.4, 0.5) is 0 Å². The Morgan fingerprint density at radius 1 is 1.33 bits per heavy atom. The second-order valence-corrected chi connectivity index (χ2v) is 8.05. The minimum absolute atomic E-state index is 0.139. The Kier molecular flexibility index (Phi) is 6.73. The van der Waals surface area contributed by atoms with Gasteiger partial charge in [-0.05, 0) is 32.0 Å². The van der Waals surface area contributed by atoms with Gasteiger partial charge in [-0.1, -0.05) is 17.7 Å². The normalized spacial score (nSPS) is 11.0. The molecule has 2 aromatic heterocycles. The van der Waals surface area contributed by atoms with E-state index in [4.69, 9.17) is 16.3 Å². The van der Waals surface area contributed by atoms with Gasteiger partial charge in [-0.25, -0.2) is 4.98 Å². The van der Waals surface area contributed by atoms with Gasteiger partial charge in [0.15, 0.2) is 5.01 Å². The fraction of sp³-hybridized carbons (Fsp3) is 0.300. The number of ketones is 1. The molecule has 0 saturated carbocycles. The van der Waals surface area contributed by atoms with E-state index in [0.717, 1.165) is 22.2 Å². The predicted molar refractivity (Wildman–Crippen MR) is 115 cm³/mol. The molecule has 3 aromatic rings. The summed E-state index contributed by atoms with van der Waals surface area (Å²) in [5.74, 6) is -0.458. The first-order valence-electron chi connectivity index (χ1n) is 9.17.